The molecule has 1 atom stereocenters. The second-order valence-corrected chi connectivity index (χ2v) is 5.75. The molecule has 0 fully saturated rings. The van der Waals surface area contributed by atoms with Crippen molar-refractivity contribution in [1.82, 2.24) is 9.80 Å². The largest absolute Gasteiger partial charge is 0.497 e. The molecule has 0 radical (unpaired) electrons. The van der Waals surface area contributed by atoms with Crippen LogP contribution in [0.25, 0.3) is 0 Å². The quantitative estimate of drug-likeness (QED) is 0.692. The number of amides is 1. The molecule has 4 nitrogen and oxygen atoms in total. The maximum atomic E-state index is 12.6. The van der Waals surface area contributed by atoms with E-state index >= 15 is 0 Å². The van der Waals surface area contributed by atoms with Gasteiger partial charge in [-0.2, -0.15) is 0 Å². The summed E-state index contributed by atoms with van der Waals surface area (Å²) in [7, 11) is 3.63. The Kier molecular flexibility index (Phi) is 7.12. The van der Waals surface area contributed by atoms with E-state index < -0.39 is 0 Å². The molecule has 0 aliphatic rings. The van der Waals surface area contributed by atoms with Crippen molar-refractivity contribution in [1.29, 1.82) is 0 Å². The molecular weight excluding hydrogens is 276 g/mol. The lowest BCUT2D eigenvalue weighted by Crippen LogP contribution is -2.45. The highest BCUT2D eigenvalue weighted by atomic mass is 16.5. The lowest BCUT2D eigenvalue weighted by Gasteiger charge is -2.30. The maximum Gasteiger partial charge on any atom is 0.239 e. The van der Waals surface area contributed by atoms with Crippen molar-refractivity contribution in [2.75, 3.05) is 27.2 Å². The van der Waals surface area contributed by atoms with E-state index in [4.69, 9.17) is 4.74 Å². The molecular formula is C18H28N2O2. The fraction of sp³-hybridized carbons (Fsp3) is 0.500. The molecule has 0 aliphatic carbocycles. The summed E-state index contributed by atoms with van der Waals surface area (Å²) < 4.78 is 5.16. The Morgan fingerprint density at radius 1 is 1.32 bits per heavy atom. The molecule has 0 aromatic heterocycles. The van der Waals surface area contributed by atoms with E-state index in [1.807, 2.05) is 57.0 Å². The van der Waals surface area contributed by atoms with E-state index in [0.717, 1.165) is 23.4 Å². The fourth-order valence-corrected chi connectivity index (χ4v) is 2.28. The molecule has 0 bridgehead atoms. The SMILES string of the molecule is C=C(C)CN(CC)C(=O)C(C)N(C)Cc1ccc(OC)cc1. The number of carbonyl (C=O) groups excluding carboxylic acids is 1. The van der Waals surface area contributed by atoms with E-state index in [0.29, 0.717) is 13.1 Å². The number of carbonyl (C=O) groups is 1. The number of nitrogens with zero attached hydrogens (tertiary/aromatic N) is 2. The van der Waals surface area contributed by atoms with Gasteiger partial charge >= 0.3 is 0 Å². The molecule has 1 unspecified atom stereocenters. The molecule has 1 rings (SSSR count). The third-order valence-corrected chi connectivity index (χ3v) is 3.76. The van der Waals surface area contributed by atoms with Crippen LogP contribution in [-0.2, 0) is 11.3 Å². The molecule has 0 aliphatic heterocycles. The highest BCUT2D eigenvalue weighted by molar-refractivity contribution is 5.81. The van der Waals surface area contributed by atoms with E-state index in [-0.39, 0.29) is 11.9 Å². The zero-order valence-corrected chi connectivity index (χ0v) is 14.4. The van der Waals surface area contributed by atoms with Crippen molar-refractivity contribution in [2.24, 2.45) is 0 Å². The molecule has 1 amide bonds. The Bertz CT molecular complexity index is 496. The van der Waals surface area contributed by atoms with Gasteiger partial charge in [0.05, 0.1) is 13.2 Å². The lowest BCUT2D eigenvalue weighted by molar-refractivity contribution is -0.135. The van der Waals surface area contributed by atoms with Gasteiger partial charge in [-0.15, -0.1) is 0 Å². The smallest absolute Gasteiger partial charge is 0.239 e. The van der Waals surface area contributed by atoms with Gasteiger partial charge in [-0.3, -0.25) is 9.69 Å². The van der Waals surface area contributed by atoms with Crippen molar-refractivity contribution >= 4 is 5.91 Å². The molecule has 1 aromatic rings. The van der Waals surface area contributed by atoms with Gasteiger partial charge in [0.2, 0.25) is 5.91 Å². The highest BCUT2D eigenvalue weighted by Gasteiger charge is 2.22. The van der Waals surface area contributed by atoms with Crippen molar-refractivity contribution in [3.8, 4) is 5.75 Å². The van der Waals surface area contributed by atoms with Gasteiger partial charge in [-0.1, -0.05) is 24.3 Å². The Morgan fingerprint density at radius 3 is 2.36 bits per heavy atom. The number of rotatable bonds is 8. The molecule has 1 aromatic carbocycles. The van der Waals surface area contributed by atoms with Crippen molar-refractivity contribution < 1.29 is 9.53 Å². The number of benzene rings is 1. The van der Waals surface area contributed by atoms with Crippen LogP contribution in [0.3, 0.4) is 0 Å². The van der Waals surface area contributed by atoms with Gasteiger partial charge in [0.25, 0.3) is 0 Å². The summed E-state index contributed by atoms with van der Waals surface area (Å²) in [6.07, 6.45) is 0. The van der Waals surface area contributed by atoms with Crippen molar-refractivity contribution in [2.45, 2.75) is 33.4 Å². The first-order valence-electron chi connectivity index (χ1n) is 7.65. The summed E-state index contributed by atoms with van der Waals surface area (Å²) in [5, 5.41) is 0. The van der Waals surface area contributed by atoms with Gasteiger partial charge in [0.15, 0.2) is 0 Å². The van der Waals surface area contributed by atoms with E-state index in [2.05, 4.69) is 11.5 Å². The highest BCUT2D eigenvalue weighted by Crippen LogP contribution is 2.14. The third kappa shape index (κ3) is 5.19. The predicted octanol–water partition coefficient (Wildman–Crippen LogP) is 2.94. The first-order valence-corrected chi connectivity index (χ1v) is 7.65. The molecule has 0 spiro atoms. The van der Waals surface area contributed by atoms with Crippen LogP contribution < -0.4 is 4.74 Å². The van der Waals surface area contributed by atoms with Crippen molar-refractivity contribution in [3.05, 3.63) is 42.0 Å². The Labute approximate surface area is 134 Å². The summed E-state index contributed by atoms with van der Waals surface area (Å²) in [6.45, 7) is 11.8. The standard InChI is InChI=1S/C18H28N2O2/c1-7-20(12-14(2)3)18(21)15(4)19(5)13-16-8-10-17(22-6)11-9-16/h8-11,15H,2,7,12-13H2,1,3-6H3. The molecule has 4 heteroatoms. The lowest BCUT2D eigenvalue weighted by atomic mass is 10.1. The van der Waals surface area contributed by atoms with E-state index in [1.165, 1.54) is 0 Å². The van der Waals surface area contributed by atoms with Crippen LogP contribution in [-0.4, -0.2) is 49.0 Å². The second-order valence-electron chi connectivity index (χ2n) is 5.75. The Hall–Kier alpha value is -1.81. The average Bonchev–Trinajstić information content (AvgIpc) is 2.51. The van der Waals surface area contributed by atoms with Gasteiger partial charge < -0.3 is 9.64 Å². The first kappa shape index (κ1) is 18.2. The van der Waals surface area contributed by atoms with Crippen LogP contribution in [0.1, 0.15) is 26.3 Å². The van der Waals surface area contributed by atoms with Crippen LogP contribution in [0, 0.1) is 0 Å². The van der Waals surface area contributed by atoms with Gasteiger partial charge in [0.1, 0.15) is 5.75 Å². The zero-order valence-electron chi connectivity index (χ0n) is 14.4. The summed E-state index contributed by atoms with van der Waals surface area (Å²) in [5.41, 5.74) is 2.16. The van der Waals surface area contributed by atoms with Crippen molar-refractivity contribution in [3.63, 3.8) is 0 Å². The topological polar surface area (TPSA) is 32.8 Å². The van der Waals surface area contributed by atoms with Crippen LogP contribution in [0.15, 0.2) is 36.4 Å². The predicted molar refractivity (Wildman–Crippen MR) is 91.0 cm³/mol. The normalized spacial score (nSPS) is 12.1. The zero-order chi connectivity index (χ0) is 16.7. The van der Waals surface area contributed by atoms with Gasteiger partial charge in [0, 0.05) is 19.6 Å². The summed E-state index contributed by atoms with van der Waals surface area (Å²) in [5.74, 6) is 0.982. The Balaban J connectivity index is 2.67. The molecule has 0 saturated carbocycles. The Morgan fingerprint density at radius 2 is 1.91 bits per heavy atom. The summed E-state index contributed by atoms with van der Waals surface area (Å²) >= 11 is 0. The minimum Gasteiger partial charge on any atom is -0.497 e. The maximum absolute atomic E-state index is 12.6. The third-order valence-electron chi connectivity index (χ3n) is 3.76. The molecule has 0 saturated heterocycles. The number of hydrogen-bond acceptors (Lipinski definition) is 3. The monoisotopic (exact) mass is 304 g/mol. The second kappa shape index (κ2) is 8.59. The van der Waals surface area contributed by atoms with E-state index in [1.54, 1.807) is 7.11 Å². The summed E-state index contributed by atoms with van der Waals surface area (Å²) in [6, 6.07) is 7.77. The molecule has 122 valence electrons. The van der Waals surface area contributed by atoms with Crippen LogP contribution >= 0.6 is 0 Å². The molecule has 0 N–H and O–H groups in total. The number of ether oxygens (including phenoxy) is 1. The van der Waals surface area contributed by atoms with E-state index in [9.17, 15) is 4.79 Å². The number of hydrogen-bond donors (Lipinski definition) is 0. The number of likely N-dealkylation sites (N-methyl/N-ethyl adjacent to an activating group) is 2. The average molecular weight is 304 g/mol. The fourth-order valence-electron chi connectivity index (χ4n) is 2.28. The van der Waals surface area contributed by atoms with Gasteiger partial charge in [-0.25, -0.2) is 0 Å². The number of methoxy groups -OCH3 is 1. The van der Waals surface area contributed by atoms with Crippen LogP contribution in [0.5, 0.6) is 5.75 Å². The van der Waals surface area contributed by atoms with Crippen LogP contribution in [0.4, 0.5) is 0 Å². The molecule has 22 heavy (non-hydrogen) atoms. The van der Waals surface area contributed by atoms with Gasteiger partial charge in [-0.05, 0) is 45.5 Å². The first-order chi connectivity index (χ1) is 10.4. The molecule has 0 heterocycles. The summed E-state index contributed by atoms with van der Waals surface area (Å²) in [4.78, 5) is 16.5. The minimum atomic E-state index is -0.165. The minimum absolute atomic E-state index is 0.140. The van der Waals surface area contributed by atoms with Crippen LogP contribution in [0.2, 0.25) is 0 Å².